The highest BCUT2D eigenvalue weighted by Crippen LogP contribution is 2.22. The normalized spacial score (nSPS) is 25.0. The maximum Gasteiger partial charge on any atom is 0.240 e. The van der Waals surface area contributed by atoms with Crippen molar-refractivity contribution in [1.82, 2.24) is 9.88 Å². The molecule has 6 heteroatoms. The number of nitrogens with one attached hydrogen (secondary N) is 1. The SMILES string of the molecule is CC1CCN(CC(=O)Nc2nccs2)CC1CN. The lowest BCUT2D eigenvalue weighted by molar-refractivity contribution is -0.117. The van der Waals surface area contributed by atoms with Crippen molar-refractivity contribution >= 4 is 22.4 Å². The molecule has 2 unspecified atom stereocenters. The molecule has 18 heavy (non-hydrogen) atoms. The lowest BCUT2D eigenvalue weighted by Crippen LogP contribution is -2.45. The van der Waals surface area contributed by atoms with E-state index in [4.69, 9.17) is 5.73 Å². The smallest absolute Gasteiger partial charge is 0.240 e. The summed E-state index contributed by atoms with van der Waals surface area (Å²) in [5, 5.41) is 5.33. The molecule has 1 aliphatic rings. The van der Waals surface area contributed by atoms with Crippen molar-refractivity contribution < 1.29 is 4.79 Å². The maximum absolute atomic E-state index is 11.8. The molecule has 3 N–H and O–H groups in total. The average molecular weight is 268 g/mol. The highest BCUT2D eigenvalue weighted by molar-refractivity contribution is 7.13. The summed E-state index contributed by atoms with van der Waals surface area (Å²) in [6, 6.07) is 0. The van der Waals surface area contributed by atoms with Crippen LogP contribution in [0.1, 0.15) is 13.3 Å². The summed E-state index contributed by atoms with van der Waals surface area (Å²) in [5.41, 5.74) is 5.76. The fourth-order valence-electron chi connectivity index (χ4n) is 2.32. The van der Waals surface area contributed by atoms with Crippen LogP contribution in [0.4, 0.5) is 5.13 Å². The number of hydrogen-bond donors (Lipinski definition) is 2. The number of anilines is 1. The van der Waals surface area contributed by atoms with E-state index in [0.29, 0.717) is 30.1 Å². The lowest BCUT2D eigenvalue weighted by atomic mass is 9.87. The molecule has 2 atom stereocenters. The van der Waals surface area contributed by atoms with Crippen LogP contribution < -0.4 is 11.1 Å². The van der Waals surface area contributed by atoms with Crippen molar-refractivity contribution in [3.63, 3.8) is 0 Å². The van der Waals surface area contributed by atoms with E-state index in [9.17, 15) is 4.79 Å². The van der Waals surface area contributed by atoms with Crippen LogP contribution in [0.15, 0.2) is 11.6 Å². The van der Waals surface area contributed by atoms with Crippen molar-refractivity contribution in [3.05, 3.63) is 11.6 Å². The number of thiazole rings is 1. The van der Waals surface area contributed by atoms with Crippen molar-refractivity contribution in [2.75, 3.05) is 31.5 Å². The number of aromatic nitrogens is 1. The molecule has 1 fully saturated rings. The Labute approximate surface area is 111 Å². The van der Waals surface area contributed by atoms with Gasteiger partial charge in [0.1, 0.15) is 0 Å². The second-order valence-corrected chi connectivity index (χ2v) is 5.78. The topological polar surface area (TPSA) is 71.2 Å². The molecule has 0 spiro atoms. The van der Waals surface area contributed by atoms with E-state index in [0.717, 1.165) is 19.5 Å². The Morgan fingerprint density at radius 1 is 1.72 bits per heavy atom. The maximum atomic E-state index is 11.8. The van der Waals surface area contributed by atoms with E-state index in [1.807, 2.05) is 5.38 Å². The van der Waals surface area contributed by atoms with Crippen LogP contribution >= 0.6 is 11.3 Å². The van der Waals surface area contributed by atoms with E-state index in [2.05, 4.69) is 22.1 Å². The van der Waals surface area contributed by atoms with Gasteiger partial charge in [0.2, 0.25) is 5.91 Å². The second-order valence-electron chi connectivity index (χ2n) is 4.88. The summed E-state index contributed by atoms with van der Waals surface area (Å²) < 4.78 is 0. The molecule has 0 aromatic carbocycles. The third kappa shape index (κ3) is 3.51. The van der Waals surface area contributed by atoms with Gasteiger partial charge in [-0.1, -0.05) is 6.92 Å². The zero-order valence-electron chi connectivity index (χ0n) is 10.6. The molecule has 1 saturated heterocycles. The summed E-state index contributed by atoms with van der Waals surface area (Å²) in [4.78, 5) is 18.1. The summed E-state index contributed by atoms with van der Waals surface area (Å²) in [6.07, 6.45) is 2.81. The summed E-state index contributed by atoms with van der Waals surface area (Å²) >= 11 is 1.44. The van der Waals surface area contributed by atoms with Crippen LogP contribution in [0.2, 0.25) is 0 Å². The number of hydrogen-bond acceptors (Lipinski definition) is 5. The first-order chi connectivity index (χ1) is 8.69. The van der Waals surface area contributed by atoms with Crippen molar-refractivity contribution in [2.24, 2.45) is 17.6 Å². The molecule has 0 radical (unpaired) electrons. The first kappa shape index (κ1) is 13.5. The van der Waals surface area contributed by atoms with E-state index >= 15 is 0 Å². The number of nitrogens with zero attached hydrogens (tertiary/aromatic N) is 2. The van der Waals surface area contributed by atoms with Gasteiger partial charge in [-0.3, -0.25) is 9.69 Å². The van der Waals surface area contributed by atoms with Gasteiger partial charge in [0.15, 0.2) is 5.13 Å². The third-order valence-corrected chi connectivity index (χ3v) is 4.24. The van der Waals surface area contributed by atoms with Gasteiger partial charge in [-0.2, -0.15) is 0 Å². The van der Waals surface area contributed by atoms with Crippen molar-refractivity contribution in [1.29, 1.82) is 0 Å². The highest BCUT2D eigenvalue weighted by atomic mass is 32.1. The van der Waals surface area contributed by atoms with E-state index < -0.39 is 0 Å². The van der Waals surface area contributed by atoms with Crippen LogP contribution in [0.25, 0.3) is 0 Å². The van der Waals surface area contributed by atoms with Crippen molar-refractivity contribution in [3.8, 4) is 0 Å². The van der Waals surface area contributed by atoms with Gasteiger partial charge in [-0.05, 0) is 31.3 Å². The fraction of sp³-hybridized carbons (Fsp3) is 0.667. The van der Waals surface area contributed by atoms with Gasteiger partial charge >= 0.3 is 0 Å². The summed E-state index contributed by atoms with van der Waals surface area (Å²) in [6.45, 7) is 5.27. The summed E-state index contributed by atoms with van der Waals surface area (Å²) in [5.74, 6) is 1.18. The largest absolute Gasteiger partial charge is 0.330 e. The average Bonchev–Trinajstić information content (AvgIpc) is 2.84. The molecular formula is C12H20N4OS. The molecule has 0 aliphatic carbocycles. The standard InChI is InChI=1S/C12H20N4OS/c1-9-2-4-16(7-10(9)6-13)8-11(17)15-12-14-3-5-18-12/h3,5,9-10H,2,4,6-8,13H2,1H3,(H,14,15,17). The van der Waals surface area contributed by atoms with Crippen LogP contribution in [-0.4, -0.2) is 42.0 Å². The van der Waals surface area contributed by atoms with E-state index in [1.165, 1.54) is 11.3 Å². The monoisotopic (exact) mass is 268 g/mol. The van der Waals surface area contributed by atoms with Crippen LogP contribution in [0, 0.1) is 11.8 Å². The molecule has 5 nitrogen and oxygen atoms in total. The van der Waals surface area contributed by atoms with Gasteiger partial charge in [0.25, 0.3) is 0 Å². The van der Waals surface area contributed by atoms with Gasteiger partial charge in [0.05, 0.1) is 6.54 Å². The molecule has 1 aromatic heterocycles. The summed E-state index contributed by atoms with van der Waals surface area (Å²) in [7, 11) is 0. The zero-order chi connectivity index (χ0) is 13.0. The Morgan fingerprint density at radius 2 is 2.56 bits per heavy atom. The molecule has 2 heterocycles. The van der Waals surface area contributed by atoms with Gasteiger partial charge in [-0.25, -0.2) is 4.98 Å². The Balaban J connectivity index is 1.80. The first-order valence-electron chi connectivity index (χ1n) is 6.31. The Kier molecular flexibility index (Phi) is 4.68. The molecule has 0 bridgehead atoms. The van der Waals surface area contributed by atoms with Gasteiger partial charge in [-0.15, -0.1) is 11.3 Å². The molecule has 1 aromatic rings. The molecule has 1 aliphatic heterocycles. The number of piperidine rings is 1. The van der Waals surface area contributed by atoms with Crippen LogP contribution in [0.5, 0.6) is 0 Å². The zero-order valence-corrected chi connectivity index (χ0v) is 11.4. The second kappa shape index (κ2) is 6.26. The van der Waals surface area contributed by atoms with Crippen LogP contribution in [0.3, 0.4) is 0 Å². The quantitative estimate of drug-likeness (QED) is 0.854. The fourth-order valence-corrected chi connectivity index (χ4v) is 2.87. The minimum atomic E-state index is 0.00951. The number of amides is 1. The Hall–Kier alpha value is -0.980. The molecular weight excluding hydrogens is 248 g/mol. The van der Waals surface area contributed by atoms with E-state index in [1.54, 1.807) is 6.20 Å². The molecule has 100 valence electrons. The number of likely N-dealkylation sites (tertiary alicyclic amines) is 1. The number of nitrogens with two attached hydrogens (primary N) is 1. The third-order valence-electron chi connectivity index (χ3n) is 3.55. The molecule has 0 saturated carbocycles. The minimum Gasteiger partial charge on any atom is -0.330 e. The predicted octanol–water partition coefficient (Wildman–Crippen LogP) is 0.998. The number of carbonyl (C=O) groups excluding carboxylic acids is 1. The molecule has 2 rings (SSSR count). The first-order valence-corrected chi connectivity index (χ1v) is 7.18. The van der Waals surface area contributed by atoms with Gasteiger partial charge < -0.3 is 11.1 Å². The highest BCUT2D eigenvalue weighted by Gasteiger charge is 2.26. The Morgan fingerprint density at radius 3 is 3.22 bits per heavy atom. The van der Waals surface area contributed by atoms with Crippen molar-refractivity contribution in [2.45, 2.75) is 13.3 Å². The molecule has 1 amide bonds. The Bertz CT molecular complexity index is 381. The minimum absolute atomic E-state index is 0.00951. The number of rotatable bonds is 4. The predicted molar refractivity (Wildman–Crippen MR) is 73.5 cm³/mol. The van der Waals surface area contributed by atoms with Crippen LogP contribution in [-0.2, 0) is 4.79 Å². The number of carbonyl (C=O) groups is 1. The van der Waals surface area contributed by atoms with Gasteiger partial charge in [0, 0.05) is 18.1 Å². The van der Waals surface area contributed by atoms with E-state index in [-0.39, 0.29) is 5.91 Å². The lowest BCUT2D eigenvalue weighted by Gasteiger charge is -2.36.